The molecule has 0 aliphatic heterocycles. The number of hydrogen-bond donors (Lipinski definition) is 2. The van der Waals surface area contributed by atoms with E-state index >= 15 is 0 Å². The SMILES string of the molecule is CCN(CCCNC(=NCC(=O)N(C)C)NCCOC)c1ccccc1.I. The van der Waals surface area contributed by atoms with Crippen molar-refractivity contribution in [1.82, 2.24) is 15.5 Å². The quantitative estimate of drug-likeness (QED) is 0.214. The highest BCUT2D eigenvalue weighted by molar-refractivity contribution is 14.0. The summed E-state index contributed by atoms with van der Waals surface area (Å²) in [6.45, 7) is 6.21. The largest absolute Gasteiger partial charge is 0.383 e. The highest BCUT2D eigenvalue weighted by Gasteiger charge is 2.06. The molecule has 0 heterocycles. The normalized spacial score (nSPS) is 10.7. The summed E-state index contributed by atoms with van der Waals surface area (Å²) in [5, 5.41) is 6.47. The van der Waals surface area contributed by atoms with E-state index in [1.54, 1.807) is 21.2 Å². The number of methoxy groups -OCH3 is 1. The molecule has 0 aliphatic rings. The Bertz CT molecular complexity index is 540. The zero-order valence-corrected chi connectivity index (χ0v) is 19.2. The summed E-state index contributed by atoms with van der Waals surface area (Å²) >= 11 is 0. The molecule has 154 valence electrons. The van der Waals surface area contributed by atoms with Gasteiger partial charge in [-0.05, 0) is 25.5 Å². The molecule has 0 atom stereocenters. The molecular formula is C19H34IN5O2. The van der Waals surface area contributed by atoms with Gasteiger partial charge in [-0.15, -0.1) is 24.0 Å². The number of hydrogen-bond acceptors (Lipinski definition) is 4. The maximum Gasteiger partial charge on any atom is 0.243 e. The Hall–Kier alpha value is -1.55. The molecule has 8 heteroatoms. The molecule has 0 saturated heterocycles. The third kappa shape index (κ3) is 11.0. The number of anilines is 1. The molecule has 0 unspecified atom stereocenters. The number of para-hydroxylation sites is 1. The van der Waals surface area contributed by atoms with Gasteiger partial charge in [0.2, 0.25) is 5.91 Å². The predicted molar refractivity (Wildman–Crippen MR) is 123 cm³/mol. The average Bonchev–Trinajstić information content (AvgIpc) is 2.66. The third-order valence-electron chi connectivity index (χ3n) is 3.87. The van der Waals surface area contributed by atoms with Crippen LogP contribution < -0.4 is 15.5 Å². The van der Waals surface area contributed by atoms with Gasteiger partial charge in [0.25, 0.3) is 0 Å². The van der Waals surface area contributed by atoms with E-state index in [0.717, 1.165) is 26.1 Å². The third-order valence-corrected chi connectivity index (χ3v) is 3.87. The summed E-state index contributed by atoms with van der Waals surface area (Å²) in [6.07, 6.45) is 0.968. The molecule has 1 amide bonds. The average molecular weight is 491 g/mol. The lowest BCUT2D eigenvalue weighted by atomic mass is 10.2. The number of guanidine groups is 1. The Labute approximate surface area is 180 Å². The number of carbonyl (C=O) groups excluding carboxylic acids is 1. The van der Waals surface area contributed by atoms with Crippen LogP contribution in [-0.4, -0.2) is 77.3 Å². The monoisotopic (exact) mass is 491 g/mol. The van der Waals surface area contributed by atoms with Crippen LogP contribution in [0, 0.1) is 0 Å². The van der Waals surface area contributed by atoms with E-state index in [1.807, 2.05) is 6.07 Å². The summed E-state index contributed by atoms with van der Waals surface area (Å²) < 4.78 is 5.05. The molecule has 0 bridgehead atoms. The standard InChI is InChI=1S/C19H33N5O2.HI/c1-5-24(17-10-7-6-8-11-17)14-9-12-20-19(21-13-15-26-4)22-16-18(25)23(2)3;/h6-8,10-11H,5,9,12-16H2,1-4H3,(H2,20,21,22);1H. The number of amides is 1. The van der Waals surface area contributed by atoms with Crippen molar-refractivity contribution in [2.24, 2.45) is 4.99 Å². The molecule has 1 aromatic rings. The maximum atomic E-state index is 11.7. The molecule has 0 spiro atoms. The lowest BCUT2D eigenvalue weighted by Gasteiger charge is -2.23. The van der Waals surface area contributed by atoms with Crippen LogP contribution in [0.3, 0.4) is 0 Å². The summed E-state index contributed by atoms with van der Waals surface area (Å²) in [6, 6.07) is 10.4. The Morgan fingerprint density at radius 3 is 2.41 bits per heavy atom. The Morgan fingerprint density at radius 1 is 1.15 bits per heavy atom. The molecule has 2 N–H and O–H groups in total. The van der Waals surface area contributed by atoms with Gasteiger partial charge in [0.15, 0.2) is 5.96 Å². The zero-order valence-electron chi connectivity index (χ0n) is 16.9. The molecule has 7 nitrogen and oxygen atoms in total. The molecular weight excluding hydrogens is 457 g/mol. The van der Waals surface area contributed by atoms with E-state index in [-0.39, 0.29) is 36.4 Å². The lowest BCUT2D eigenvalue weighted by molar-refractivity contribution is -0.127. The number of nitrogens with zero attached hydrogens (tertiary/aromatic N) is 3. The molecule has 0 aliphatic carbocycles. The smallest absolute Gasteiger partial charge is 0.243 e. The molecule has 27 heavy (non-hydrogen) atoms. The fourth-order valence-electron chi connectivity index (χ4n) is 2.32. The van der Waals surface area contributed by atoms with Crippen LogP contribution in [0.4, 0.5) is 5.69 Å². The number of rotatable bonds is 11. The molecule has 1 rings (SSSR count). The van der Waals surface area contributed by atoms with Crippen molar-refractivity contribution < 1.29 is 9.53 Å². The summed E-state index contributed by atoms with van der Waals surface area (Å²) in [7, 11) is 5.11. The minimum absolute atomic E-state index is 0. The molecule has 1 aromatic carbocycles. The van der Waals surface area contributed by atoms with Gasteiger partial charge in [-0.1, -0.05) is 18.2 Å². The van der Waals surface area contributed by atoms with E-state index in [9.17, 15) is 4.79 Å². The van der Waals surface area contributed by atoms with Crippen LogP contribution in [0.15, 0.2) is 35.3 Å². The minimum atomic E-state index is -0.0286. The Morgan fingerprint density at radius 2 is 1.81 bits per heavy atom. The molecule has 0 saturated carbocycles. The van der Waals surface area contributed by atoms with Gasteiger partial charge in [-0.2, -0.15) is 0 Å². The fourth-order valence-corrected chi connectivity index (χ4v) is 2.32. The van der Waals surface area contributed by atoms with E-state index in [2.05, 4.69) is 51.7 Å². The summed E-state index contributed by atoms with van der Waals surface area (Å²) in [5.74, 6) is 0.610. The highest BCUT2D eigenvalue weighted by atomic mass is 127. The fraction of sp³-hybridized carbons (Fsp3) is 0.579. The second kappa shape index (κ2) is 15.5. The summed E-state index contributed by atoms with van der Waals surface area (Å²) in [5.41, 5.74) is 1.23. The van der Waals surface area contributed by atoms with Crippen molar-refractivity contribution in [3.63, 3.8) is 0 Å². The number of nitrogens with one attached hydrogen (secondary N) is 2. The Balaban J connectivity index is 0.00000676. The van der Waals surface area contributed by atoms with Crippen molar-refractivity contribution in [2.75, 3.05) is 65.4 Å². The minimum Gasteiger partial charge on any atom is -0.383 e. The van der Waals surface area contributed by atoms with Crippen molar-refractivity contribution in [2.45, 2.75) is 13.3 Å². The number of ether oxygens (including phenoxy) is 1. The van der Waals surface area contributed by atoms with Gasteiger partial charge < -0.3 is 25.2 Å². The van der Waals surface area contributed by atoms with Crippen molar-refractivity contribution in [3.8, 4) is 0 Å². The van der Waals surface area contributed by atoms with Gasteiger partial charge >= 0.3 is 0 Å². The van der Waals surface area contributed by atoms with Crippen LogP contribution in [0.25, 0.3) is 0 Å². The van der Waals surface area contributed by atoms with Gasteiger partial charge in [-0.25, -0.2) is 4.99 Å². The Kier molecular flexibility index (Phi) is 14.6. The highest BCUT2D eigenvalue weighted by Crippen LogP contribution is 2.12. The number of halogens is 1. The van der Waals surface area contributed by atoms with Gasteiger partial charge in [0, 0.05) is 53.1 Å². The number of benzene rings is 1. The van der Waals surface area contributed by atoms with Crippen molar-refractivity contribution in [1.29, 1.82) is 0 Å². The van der Waals surface area contributed by atoms with E-state index < -0.39 is 0 Å². The van der Waals surface area contributed by atoms with Crippen LogP contribution in [0.2, 0.25) is 0 Å². The first-order valence-corrected chi connectivity index (χ1v) is 9.09. The number of carbonyl (C=O) groups is 1. The van der Waals surface area contributed by atoms with Crippen molar-refractivity contribution >= 4 is 41.5 Å². The molecule has 0 aromatic heterocycles. The second-order valence-corrected chi connectivity index (χ2v) is 6.07. The topological polar surface area (TPSA) is 69.2 Å². The second-order valence-electron chi connectivity index (χ2n) is 6.07. The van der Waals surface area contributed by atoms with Crippen LogP contribution in [-0.2, 0) is 9.53 Å². The first kappa shape index (κ1) is 25.4. The molecule has 0 fully saturated rings. The predicted octanol–water partition coefficient (Wildman–Crippen LogP) is 1.79. The number of likely N-dealkylation sites (N-methyl/N-ethyl adjacent to an activating group) is 1. The van der Waals surface area contributed by atoms with E-state index in [4.69, 9.17) is 4.74 Å². The van der Waals surface area contributed by atoms with Crippen LogP contribution in [0.5, 0.6) is 0 Å². The van der Waals surface area contributed by atoms with Gasteiger partial charge in [-0.3, -0.25) is 4.79 Å². The maximum absolute atomic E-state index is 11.7. The first-order chi connectivity index (χ1) is 12.6. The van der Waals surface area contributed by atoms with Crippen LogP contribution >= 0.6 is 24.0 Å². The van der Waals surface area contributed by atoms with Crippen LogP contribution in [0.1, 0.15) is 13.3 Å². The van der Waals surface area contributed by atoms with E-state index in [0.29, 0.717) is 19.1 Å². The first-order valence-electron chi connectivity index (χ1n) is 9.09. The summed E-state index contributed by atoms with van der Waals surface area (Å²) in [4.78, 5) is 19.9. The van der Waals surface area contributed by atoms with Gasteiger partial charge in [0.1, 0.15) is 6.54 Å². The lowest BCUT2D eigenvalue weighted by Crippen LogP contribution is -2.41. The number of aliphatic imine (C=N–C) groups is 1. The van der Waals surface area contributed by atoms with Gasteiger partial charge in [0.05, 0.1) is 6.61 Å². The van der Waals surface area contributed by atoms with Crippen molar-refractivity contribution in [3.05, 3.63) is 30.3 Å². The molecule has 0 radical (unpaired) electrons. The van der Waals surface area contributed by atoms with E-state index in [1.165, 1.54) is 10.6 Å². The zero-order chi connectivity index (χ0) is 19.2.